The maximum absolute atomic E-state index is 14.7. The Bertz CT molecular complexity index is 1520. The third-order valence-electron chi connectivity index (χ3n) is 10.7. The molecule has 3 rings (SSSR count). The average molecular weight is 804 g/mol. The van der Waals surface area contributed by atoms with Crippen LogP contribution in [0.5, 0.6) is 5.75 Å². The molecule has 1 aromatic heterocycles. The number of carboxylic acid groups (broad SMARTS) is 1. The number of aromatic nitrogens is 1. The average Bonchev–Trinajstić information content (AvgIpc) is 3.68. The minimum Gasteiger partial charge on any atom is -0.497 e. The number of amides is 3. The van der Waals surface area contributed by atoms with Crippen molar-refractivity contribution < 1.29 is 43.2 Å². The highest BCUT2D eigenvalue weighted by Crippen LogP contribution is 2.32. The van der Waals surface area contributed by atoms with Crippen molar-refractivity contribution in [1.82, 2.24) is 25.4 Å². The van der Waals surface area contributed by atoms with Gasteiger partial charge in [-0.15, -0.1) is 11.3 Å². The summed E-state index contributed by atoms with van der Waals surface area (Å²) in [6.07, 6.45) is 3.81. The highest BCUT2D eigenvalue weighted by atomic mass is 32.1. The minimum atomic E-state index is -0.944. The maximum atomic E-state index is 14.7. The topological polar surface area (TPSA) is 169 Å². The number of nitrogens with one attached hydrogen (secondary N) is 2. The number of carboxylic acids is 1. The van der Waals surface area contributed by atoms with E-state index in [1.54, 1.807) is 26.5 Å². The Hall–Kier alpha value is -3.63. The van der Waals surface area contributed by atoms with Crippen molar-refractivity contribution in [3.05, 3.63) is 45.9 Å². The van der Waals surface area contributed by atoms with Crippen LogP contribution in [0.25, 0.3) is 0 Å². The molecule has 2 aromatic rings. The zero-order valence-corrected chi connectivity index (χ0v) is 35.6. The lowest BCUT2D eigenvalue weighted by Crippen LogP contribution is -2.59. The van der Waals surface area contributed by atoms with Gasteiger partial charge < -0.3 is 39.6 Å². The predicted octanol–water partition coefficient (Wildman–Crippen LogP) is 5.17. The first-order valence-electron chi connectivity index (χ1n) is 19.8. The van der Waals surface area contributed by atoms with Gasteiger partial charge in [0.25, 0.3) is 5.91 Å². The van der Waals surface area contributed by atoms with Gasteiger partial charge in [0.15, 0.2) is 0 Å². The number of hydrogen-bond donors (Lipinski definition) is 3. The lowest BCUT2D eigenvalue weighted by Gasteiger charge is -2.40. The minimum absolute atomic E-state index is 0.0279. The van der Waals surface area contributed by atoms with Gasteiger partial charge in [-0.25, -0.2) is 4.98 Å². The molecule has 3 N–H and O–H groups in total. The first kappa shape index (κ1) is 46.8. The second-order valence-electron chi connectivity index (χ2n) is 15.3. The molecule has 0 bridgehead atoms. The van der Waals surface area contributed by atoms with Gasteiger partial charge in [0, 0.05) is 44.6 Å². The number of methoxy groups -OCH3 is 3. The summed E-state index contributed by atoms with van der Waals surface area (Å²) in [5.74, 6) is -1.81. The Kier molecular flexibility index (Phi) is 19.7. The molecule has 1 fully saturated rings. The molecule has 1 saturated heterocycles. The zero-order valence-electron chi connectivity index (χ0n) is 34.7. The van der Waals surface area contributed by atoms with E-state index in [1.165, 1.54) is 18.4 Å². The fraction of sp³-hybridized carbons (Fsp3) is 0.683. The van der Waals surface area contributed by atoms with Crippen molar-refractivity contribution >= 4 is 35.0 Å². The molecule has 1 aliphatic heterocycles. The molecule has 2 heterocycles. The van der Waals surface area contributed by atoms with Crippen LogP contribution in [0.1, 0.15) is 100 Å². The highest BCUT2D eigenvalue weighted by molar-refractivity contribution is 7.09. The van der Waals surface area contributed by atoms with E-state index in [0.29, 0.717) is 43.2 Å². The monoisotopic (exact) mass is 803 g/mol. The fourth-order valence-electron chi connectivity index (χ4n) is 7.08. The molecular formula is C41H65N5O9S. The predicted molar refractivity (Wildman–Crippen MR) is 216 cm³/mol. The molecule has 15 heteroatoms. The summed E-state index contributed by atoms with van der Waals surface area (Å²) in [4.78, 5) is 62.4. The van der Waals surface area contributed by atoms with E-state index in [-0.39, 0.29) is 54.6 Å². The summed E-state index contributed by atoms with van der Waals surface area (Å²) in [6, 6.07) is 5.59. The maximum Gasteiger partial charge on any atom is 0.306 e. The van der Waals surface area contributed by atoms with E-state index in [0.717, 1.165) is 31.4 Å². The van der Waals surface area contributed by atoms with E-state index in [2.05, 4.69) is 15.5 Å². The van der Waals surface area contributed by atoms with Crippen LogP contribution in [-0.4, -0.2) is 123 Å². The summed E-state index contributed by atoms with van der Waals surface area (Å²) in [5.41, 5.74) is 1.10. The first-order valence-corrected chi connectivity index (χ1v) is 20.6. The fourth-order valence-corrected chi connectivity index (χ4v) is 7.94. The number of ether oxygens (including phenoxy) is 4. The first-order chi connectivity index (χ1) is 26.7. The third-order valence-corrected chi connectivity index (χ3v) is 11.7. The van der Waals surface area contributed by atoms with E-state index in [1.807, 2.05) is 63.9 Å². The Morgan fingerprint density at radius 3 is 2.32 bits per heavy atom. The van der Waals surface area contributed by atoms with Crippen molar-refractivity contribution in [1.29, 1.82) is 0 Å². The van der Waals surface area contributed by atoms with E-state index in [4.69, 9.17) is 23.9 Å². The number of nitrogens with zero attached hydrogens (tertiary/aromatic N) is 3. The second kappa shape index (κ2) is 23.6. The van der Waals surface area contributed by atoms with Gasteiger partial charge in [-0.3, -0.25) is 24.1 Å². The smallest absolute Gasteiger partial charge is 0.306 e. The number of carbonyl (C=O) groups excluding carboxylic acids is 3. The number of aliphatic carboxylic acids is 1. The van der Waals surface area contributed by atoms with Crippen molar-refractivity contribution in [2.45, 2.75) is 110 Å². The number of carbonyl (C=O) groups is 4. The number of piperidine rings is 1. The number of rotatable bonds is 24. The van der Waals surface area contributed by atoms with E-state index >= 15 is 0 Å². The molecule has 3 amide bonds. The number of hydrogen-bond acceptors (Lipinski definition) is 11. The molecule has 0 saturated carbocycles. The van der Waals surface area contributed by atoms with Gasteiger partial charge >= 0.3 is 5.97 Å². The second-order valence-corrected chi connectivity index (χ2v) is 16.2. The summed E-state index contributed by atoms with van der Waals surface area (Å²) in [5, 5.41) is 18.0. The van der Waals surface area contributed by atoms with Gasteiger partial charge in [-0.1, -0.05) is 59.6 Å². The van der Waals surface area contributed by atoms with E-state index < -0.39 is 36.0 Å². The van der Waals surface area contributed by atoms with Crippen LogP contribution in [0, 0.1) is 17.8 Å². The van der Waals surface area contributed by atoms with Gasteiger partial charge in [0.2, 0.25) is 11.8 Å². The molecule has 1 aliphatic rings. The quantitative estimate of drug-likeness (QED) is 0.120. The van der Waals surface area contributed by atoms with Gasteiger partial charge in [0.1, 0.15) is 35.4 Å². The Morgan fingerprint density at radius 2 is 1.73 bits per heavy atom. The largest absolute Gasteiger partial charge is 0.497 e. The molecule has 0 spiro atoms. The van der Waals surface area contributed by atoms with Crippen LogP contribution in [-0.2, 0) is 35.0 Å². The Labute approximate surface area is 337 Å². The van der Waals surface area contributed by atoms with Crippen LogP contribution in [0.2, 0.25) is 0 Å². The third kappa shape index (κ3) is 13.8. The molecule has 56 heavy (non-hydrogen) atoms. The van der Waals surface area contributed by atoms with Crippen LogP contribution in [0.4, 0.5) is 0 Å². The van der Waals surface area contributed by atoms with Crippen LogP contribution < -0.4 is 15.4 Å². The molecule has 314 valence electrons. The zero-order chi connectivity index (χ0) is 41.4. The number of thiazole rings is 1. The van der Waals surface area contributed by atoms with Crippen molar-refractivity contribution in [2.24, 2.45) is 17.8 Å². The SMILES string of the molecule is CC[C@H](C)[C@H](NC(=O)[C@H]1CCCCN1C)C(=O)N(CCOC)[C@H](C[C@@H](OCOC)c1nc(C(=O)N[C@@H](Cc2ccc(OC)cc2)C[C@H](C)C(=O)O)cs1)C(C)C. The normalized spacial score (nSPS) is 18.0. The Balaban J connectivity index is 1.89. The molecular weight excluding hydrogens is 739 g/mol. The summed E-state index contributed by atoms with van der Waals surface area (Å²) in [7, 11) is 6.66. The molecule has 0 unspecified atom stereocenters. The van der Waals surface area contributed by atoms with Crippen molar-refractivity contribution in [3.8, 4) is 5.75 Å². The summed E-state index contributed by atoms with van der Waals surface area (Å²) < 4.78 is 22.3. The van der Waals surface area contributed by atoms with Gasteiger partial charge in [-0.05, 0) is 68.8 Å². The van der Waals surface area contributed by atoms with Gasteiger partial charge in [-0.2, -0.15) is 0 Å². The Morgan fingerprint density at radius 1 is 1.02 bits per heavy atom. The van der Waals surface area contributed by atoms with Crippen molar-refractivity contribution in [2.75, 3.05) is 54.9 Å². The highest BCUT2D eigenvalue weighted by Gasteiger charge is 2.38. The molecule has 1 aromatic carbocycles. The van der Waals surface area contributed by atoms with Crippen LogP contribution >= 0.6 is 11.3 Å². The number of benzene rings is 1. The van der Waals surface area contributed by atoms with Crippen LogP contribution in [0.3, 0.4) is 0 Å². The summed E-state index contributed by atoms with van der Waals surface area (Å²) >= 11 is 1.27. The standard InChI is InChI=1S/C41H65N5O9S/c1-10-27(4)36(44-38(48)33-13-11-12-18-45(33)6)40(49)46(19-20-52-7)34(26(2)3)23-35(55-25-53-8)39-43-32(24-56-39)37(47)42-30(21-28(5)41(50)51)22-29-14-16-31(54-9)17-15-29/h14-17,24,26-28,30,33-36H,10-13,18-23,25H2,1-9H3,(H,42,47)(H,44,48)(H,50,51)/t27-,28-,30+,33+,34+,35+,36-/m0/s1. The molecule has 7 atom stereocenters. The number of likely N-dealkylation sites (tertiary alicyclic amines) is 1. The lowest BCUT2D eigenvalue weighted by atomic mass is 9.92. The summed E-state index contributed by atoms with van der Waals surface area (Å²) in [6.45, 7) is 11.1. The van der Waals surface area contributed by atoms with Gasteiger partial charge in [0.05, 0.1) is 25.7 Å². The molecule has 0 aliphatic carbocycles. The van der Waals surface area contributed by atoms with Crippen molar-refractivity contribution in [3.63, 3.8) is 0 Å². The number of likely N-dealkylation sites (N-methyl/N-ethyl adjacent to an activating group) is 1. The molecule has 14 nitrogen and oxygen atoms in total. The lowest BCUT2D eigenvalue weighted by molar-refractivity contribution is -0.144. The van der Waals surface area contributed by atoms with Crippen LogP contribution in [0.15, 0.2) is 29.6 Å². The molecule has 0 radical (unpaired) electrons. The van der Waals surface area contributed by atoms with E-state index in [9.17, 15) is 24.3 Å².